The van der Waals surface area contributed by atoms with E-state index in [4.69, 9.17) is 16.3 Å². The summed E-state index contributed by atoms with van der Waals surface area (Å²) in [5.74, 6) is 1.72. The van der Waals surface area contributed by atoms with Gasteiger partial charge >= 0.3 is 0 Å². The number of nitrogens with one attached hydrogen (secondary N) is 1. The Morgan fingerprint density at radius 3 is 2.50 bits per heavy atom. The number of rotatable bonds is 6. The van der Waals surface area contributed by atoms with E-state index in [1.165, 1.54) is 17.0 Å². The van der Waals surface area contributed by atoms with Crippen LogP contribution in [0.15, 0.2) is 41.4 Å². The van der Waals surface area contributed by atoms with Crippen LogP contribution >= 0.6 is 22.9 Å². The summed E-state index contributed by atoms with van der Waals surface area (Å²) in [6.07, 6.45) is -0.633. The number of aliphatic imine (C=N–C) groups is 1. The van der Waals surface area contributed by atoms with Gasteiger partial charge in [-0.25, -0.2) is 0 Å². The predicted octanol–water partition coefficient (Wildman–Crippen LogP) is 3.23. The molecule has 1 aromatic carbocycles. The van der Waals surface area contributed by atoms with Crippen LogP contribution in [0.5, 0.6) is 5.75 Å². The summed E-state index contributed by atoms with van der Waals surface area (Å²) in [4.78, 5) is 10.1. The molecule has 3 rings (SSSR count). The SMILES string of the molecule is CCNC(=NCC(O)c1ccc(Cl)s1)N1CCN(c2ccc(OC)cc2)CC1. The average Bonchev–Trinajstić information content (AvgIpc) is 3.17. The van der Waals surface area contributed by atoms with Gasteiger partial charge in [0, 0.05) is 43.3 Å². The third-order valence-corrected chi connectivity index (χ3v) is 6.02. The number of nitrogens with zero attached hydrogens (tertiary/aromatic N) is 3. The molecule has 2 aromatic rings. The first-order valence-corrected chi connectivity index (χ1v) is 10.7. The molecular weight excluding hydrogens is 396 g/mol. The lowest BCUT2D eigenvalue weighted by atomic mass is 10.2. The number of guanidine groups is 1. The van der Waals surface area contributed by atoms with Crippen LogP contribution in [0, 0.1) is 0 Å². The zero-order valence-corrected chi connectivity index (χ0v) is 17.8. The van der Waals surface area contributed by atoms with Gasteiger partial charge in [-0.15, -0.1) is 11.3 Å². The van der Waals surface area contributed by atoms with Gasteiger partial charge in [0.2, 0.25) is 0 Å². The van der Waals surface area contributed by atoms with Crippen molar-refractivity contribution >= 4 is 34.6 Å². The van der Waals surface area contributed by atoms with E-state index in [0.29, 0.717) is 10.9 Å². The van der Waals surface area contributed by atoms with E-state index in [-0.39, 0.29) is 0 Å². The van der Waals surface area contributed by atoms with Crippen LogP contribution in [0.1, 0.15) is 17.9 Å². The van der Waals surface area contributed by atoms with Crippen molar-refractivity contribution in [3.8, 4) is 5.75 Å². The fourth-order valence-electron chi connectivity index (χ4n) is 3.17. The molecule has 6 nitrogen and oxygen atoms in total. The Labute approximate surface area is 175 Å². The maximum Gasteiger partial charge on any atom is 0.194 e. The predicted molar refractivity (Wildman–Crippen MR) is 117 cm³/mol. The lowest BCUT2D eigenvalue weighted by Crippen LogP contribution is -2.52. The smallest absolute Gasteiger partial charge is 0.194 e. The van der Waals surface area contributed by atoms with E-state index in [0.717, 1.165) is 49.3 Å². The molecule has 28 heavy (non-hydrogen) atoms. The number of methoxy groups -OCH3 is 1. The molecule has 0 aliphatic carbocycles. The van der Waals surface area contributed by atoms with Gasteiger partial charge < -0.3 is 25.0 Å². The molecule has 1 aliphatic heterocycles. The Bertz CT molecular complexity index is 773. The molecular formula is C20H27ClN4O2S. The number of anilines is 1. The summed E-state index contributed by atoms with van der Waals surface area (Å²) in [7, 11) is 1.68. The second kappa shape index (κ2) is 10.0. The van der Waals surface area contributed by atoms with Crippen molar-refractivity contribution in [2.75, 3.05) is 51.3 Å². The highest BCUT2D eigenvalue weighted by Crippen LogP contribution is 2.27. The molecule has 1 aromatic heterocycles. The first kappa shape index (κ1) is 20.8. The lowest BCUT2D eigenvalue weighted by molar-refractivity contribution is 0.190. The third kappa shape index (κ3) is 5.31. The lowest BCUT2D eigenvalue weighted by Gasteiger charge is -2.37. The molecule has 0 radical (unpaired) electrons. The minimum absolute atomic E-state index is 0.317. The Morgan fingerprint density at radius 2 is 1.93 bits per heavy atom. The van der Waals surface area contributed by atoms with Crippen LogP contribution in [-0.2, 0) is 0 Å². The largest absolute Gasteiger partial charge is 0.497 e. The van der Waals surface area contributed by atoms with Gasteiger partial charge in [0.05, 0.1) is 18.0 Å². The molecule has 0 amide bonds. The highest BCUT2D eigenvalue weighted by molar-refractivity contribution is 7.16. The number of thiophene rings is 1. The summed E-state index contributed by atoms with van der Waals surface area (Å²) < 4.78 is 5.91. The normalized spacial score (nSPS) is 16.2. The fraction of sp³-hybridized carbons (Fsp3) is 0.450. The summed E-state index contributed by atoms with van der Waals surface area (Å²) in [6, 6.07) is 11.8. The van der Waals surface area contributed by atoms with Crippen LogP contribution in [0.3, 0.4) is 0 Å². The van der Waals surface area contributed by atoms with Crippen LogP contribution in [0.4, 0.5) is 5.69 Å². The number of hydrogen-bond acceptors (Lipinski definition) is 5. The van der Waals surface area contributed by atoms with Crippen molar-refractivity contribution in [3.63, 3.8) is 0 Å². The van der Waals surface area contributed by atoms with E-state index in [1.54, 1.807) is 13.2 Å². The number of piperazine rings is 1. The average molecular weight is 423 g/mol. The van der Waals surface area contributed by atoms with E-state index in [1.807, 2.05) is 18.2 Å². The van der Waals surface area contributed by atoms with Crippen molar-refractivity contribution in [3.05, 3.63) is 45.6 Å². The minimum Gasteiger partial charge on any atom is -0.497 e. The van der Waals surface area contributed by atoms with Crippen LogP contribution in [0.25, 0.3) is 0 Å². The van der Waals surface area contributed by atoms with E-state index < -0.39 is 6.10 Å². The second-order valence-electron chi connectivity index (χ2n) is 6.52. The molecule has 1 atom stereocenters. The molecule has 152 valence electrons. The molecule has 1 unspecified atom stereocenters. The standard InChI is InChI=1S/C20H27ClN4O2S/c1-3-22-20(23-14-17(26)18-8-9-19(21)28-18)25-12-10-24(11-13-25)15-4-6-16(27-2)7-5-15/h4-9,17,26H,3,10-14H2,1-2H3,(H,22,23). The van der Waals surface area contributed by atoms with Crippen molar-refractivity contribution in [2.24, 2.45) is 4.99 Å². The van der Waals surface area contributed by atoms with E-state index in [9.17, 15) is 5.11 Å². The van der Waals surface area contributed by atoms with Gasteiger partial charge in [-0.1, -0.05) is 11.6 Å². The quantitative estimate of drug-likeness (QED) is 0.552. The fourth-order valence-corrected chi connectivity index (χ4v) is 4.20. The highest BCUT2D eigenvalue weighted by atomic mass is 35.5. The molecule has 0 bridgehead atoms. The molecule has 0 spiro atoms. The molecule has 0 saturated carbocycles. The number of aliphatic hydroxyl groups is 1. The van der Waals surface area contributed by atoms with Crippen molar-refractivity contribution in [1.29, 1.82) is 0 Å². The minimum atomic E-state index is -0.633. The van der Waals surface area contributed by atoms with Gasteiger partial charge in [0.25, 0.3) is 0 Å². The van der Waals surface area contributed by atoms with Crippen LogP contribution < -0.4 is 15.0 Å². The first-order chi connectivity index (χ1) is 13.6. The van der Waals surface area contributed by atoms with Gasteiger partial charge in [-0.3, -0.25) is 4.99 Å². The first-order valence-electron chi connectivity index (χ1n) is 9.46. The third-order valence-electron chi connectivity index (χ3n) is 4.69. The highest BCUT2D eigenvalue weighted by Gasteiger charge is 2.20. The molecule has 2 heterocycles. The zero-order valence-electron chi connectivity index (χ0n) is 16.3. The second-order valence-corrected chi connectivity index (χ2v) is 8.27. The van der Waals surface area contributed by atoms with Crippen molar-refractivity contribution in [1.82, 2.24) is 10.2 Å². The topological polar surface area (TPSA) is 60.3 Å². The van der Waals surface area contributed by atoms with Gasteiger partial charge in [0.1, 0.15) is 11.9 Å². The van der Waals surface area contributed by atoms with E-state index >= 15 is 0 Å². The number of ether oxygens (including phenoxy) is 1. The number of hydrogen-bond donors (Lipinski definition) is 2. The monoisotopic (exact) mass is 422 g/mol. The summed E-state index contributed by atoms with van der Waals surface area (Å²) in [6.45, 7) is 6.74. The van der Waals surface area contributed by atoms with Gasteiger partial charge in [0.15, 0.2) is 5.96 Å². The van der Waals surface area contributed by atoms with Crippen LogP contribution in [0.2, 0.25) is 4.34 Å². The van der Waals surface area contributed by atoms with Gasteiger partial charge in [-0.2, -0.15) is 0 Å². The Morgan fingerprint density at radius 1 is 1.21 bits per heavy atom. The van der Waals surface area contributed by atoms with Gasteiger partial charge in [-0.05, 0) is 43.3 Å². The number of halogens is 1. The Kier molecular flexibility index (Phi) is 7.42. The van der Waals surface area contributed by atoms with Crippen molar-refractivity contribution < 1.29 is 9.84 Å². The maximum atomic E-state index is 10.4. The molecule has 1 saturated heterocycles. The number of benzene rings is 1. The Hall–Kier alpha value is -1.96. The maximum absolute atomic E-state index is 10.4. The summed E-state index contributed by atoms with van der Waals surface area (Å²) in [5.41, 5.74) is 1.20. The van der Waals surface area contributed by atoms with Crippen molar-refractivity contribution in [2.45, 2.75) is 13.0 Å². The zero-order chi connectivity index (χ0) is 19.9. The molecule has 1 fully saturated rings. The van der Waals surface area contributed by atoms with Crippen LogP contribution in [-0.4, -0.2) is 62.3 Å². The molecule has 8 heteroatoms. The summed E-state index contributed by atoms with van der Waals surface area (Å²) >= 11 is 7.35. The Balaban J connectivity index is 1.58. The summed E-state index contributed by atoms with van der Waals surface area (Å²) in [5, 5.41) is 13.7. The molecule has 1 aliphatic rings. The molecule has 2 N–H and O–H groups in total. The number of aliphatic hydroxyl groups excluding tert-OH is 1. The van der Waals surface area contributed by atoms with E-state index in [2.05, 4.69) is 39.2 Å².